The SMILES string of the molecule is C[C@@H]1CN(c2cnc3nc(-c4cc5cn(C)nc5c(F)c4O)cc(C4CC4)c3c2)C[C@@H](C)N1. The van der Waals surface area contributed by atoms with Crippen LogP contribution in [0.1, 0.15) is 38.2 Å². The lowest BCUT2D eigenvalue weighted by Crippen LogP contribution is -2.54. The number of rotatable bonds is 3. The van der Waals surface area contributed by atoms with Gasteiger partial charge in [-0.25, -0.2) is 14.4 Å². The summed E-state index contributed by atoms with van der Waals surface area (Å²) < 4.78 is 16.4. The summed E-state index contributed by atoms with van der Waals surface area (Å²) >= 11 is 0. The van der Waals surface area contributed by atoms with Crippen molar-refractivity contribution in [3.63, 3.8) is 0 Å². The zero-order valence-electron chi connectivity index (χ0n) is 19.0. The van der Waals surface area contributed by atoms with Crippen LogP contribution < -0.4 is 10.2 Å². The number of aromatic hydroxyl groups is 1. The molecule has 6 rings (SSSR count). The number of hydrogen-bond acceptors (Lipinski definition) is 6. The first kappa shape index (κ1) is 20.4. The second-order valence-electron chi connectivity index (χ2n) is 9.64. The molecule has 8 heteroatoms. The number of hydrogen-bond donors (Lipinski definition) is 2. The van der Waals surface area contributed by atoms with E-state index in [1.165, 1.54) is 5.56 Å². The lowest BCUT2D eigenvalue weighted by molar-refractivity contribution is 0.407. The van der Waals surface area contributed by atoms with Gasteiger partial charge >= 0.3 is 0 Å². The van der Waals surface area contributed by atoms with Gasteiger partial charge < -0.3 is 15.3 Å². The van der Waals surface area contributed by atoms with E-state index in [0.717, 1.165) is 37.0 Å². The molecule has 1 aromatic carbocycles. The number of fused-ring (bicyclic) bond motifs is 2. The summed E-state index contributed by atoms with van der Waals surface area (Å²) in [6.07, 6.45) is 5.86. The number of aryl methyl sites for hydroxylation is 1. The van der Waals surface area contributed by atoms with Crippen LogP contribution >= 0.6 is 0 Å². The van der Waals surface area contributed by atoms with Crippen LogP contribution in [0.3, 0.4) is 0 Å². The highest BCUT2D eigenvalue weighted by Gasteiger charge is 2.29. The number of aromatic nitrogens is 4. The first-order chi connectivity index (χ1) is 15.9. The van der Waals surface area contributed by atoms with Crippen molar-refractivity contribution in [1.82, 2.24) is 25.1 Å². The number of piperazine rings is 1. The lowest BCUT2D eigenvalue weighted by atomic mass is 10.0. The molecule has 3 aromatic heterocycles. The Bertz CT molecular complexity index is 1390. The summed E-state index contributed by atoms with van der Waals surface area (Å²) in [5, 5.41) is 20.0. The van der Waals surface area contributed by atoms with Crippen molar-refractivity contribution in [3.8, 4) is 17.0 Å². The molecule has 0 amide bonds. The Labute approximate surface area is 191 Å². The largest absolute Gasteiger partial charge is 0.504 e. The van der Waals surface area contributed by atoms with Crippen molar-refractivity contribution < 1.29 is 9.50 Å². The molecule has 1 aliphatic carbocycles. The molecular formula is C25H27FN6O. The quantitative estimate of drug-likeness (QED) is 0.494. The second-order valence-corrected chi connectivity index (χ2v) is 9.64. The minimum atomic E-state index is -0.719. The van der Waals surface area contributed by atoms with Gasteiger partial charge in [0, 0.05) is 54.8 Å². The Morgan fingerprint density at radius 2 is 1.88 bits per heavy atom. The Kier molecular flexibility index (Phi) is 4.55. The number of anilines is 1. The Morgan fingerprint density at radius 1 is 1.12 bits per heavy atom. The third kappa shape index (κ3) is 3.49. The van der Waals surface area contributed by atoms with E-state index in [-0.39, 0.29) is 5.52 Å². The number of halogens is 1. The second kappa shape index (κ2) is 7.38. The predicted molar refractivity (Wildman–Crippen MR) is 127 cm³/mol. The van der Waals surface area contributed by atoms with Gasteiger partial charge in [0.05, 0.1) is 17.6 Å². The topological polar surface area (TPSA) is 79.1 Å². The average Bonchev–Trinajstić information content (AvgIpc) is 3.56. The Balaban J connectivity index is 1.49. The molecule has 2 aliphatic rings. The smallest absolute Gasteiger partial charge is 0.193 e. The van der Waals surface area contributed by atoms with E-state index in [4.69, 9.17) is 9.97 Å². The third-order valence-corrected chi connectivity index (χ3v) is 6.73. The van der Waals surface area contributed by atoms with Crippen LogP contribution in [0.25, 0.3) is 33.2 Å². The average molecular weight is 447 g/mol. The van der Waals surface area contributed by atoms with Gasteiger partial charge in [-0.1, -0.05) is 0 Å². The highest BCUT2D eigenvalue weighted by Crippen LogP contribution is 2.45. The van der Waals surface area contributed by atoms with Crippen molar-refractivity contribution in [2.75, 3.05) is 18.0 Å². The molecule has 2 atom stereocenters. The van der Waals surface area contributed by atoms with Crippen molar-refractivity contribution in [1.29, 1.82) is 0 Å². The predicted octanol–water partition coefficient (Wildman–Crippen LogP) is 4.09. The van der Waals surface area contributed by atoms with Gasteiger partial charge in [0.2, 0.25) is 0 Å². The number of pyridine rings is 2. The van der Waals surface area contributed by atoms with E-state index in [2.05, 4.69) is 35.2 Å². The van der Waals surface area contributed by atoms with Crippen LogP contribution in [0, 0.1) is 5.82 Å². The van der Waals surface area contributed by atoms with Crippen molar-refractivity contribution in [2.24, 2.45) is 7.05 Å². The zero-order valence-corrected chi connectivity index (χ0v) is 19.0. The van der Waals surface area contributed by atoms with Crippen LogP contribution in [0.15, 0.2) is 30.6 Å². The first-order valence-electron chi connectivity index (χ1n) is 11.5. The molecule has 1 saturated carbocycles. The third-order valence-electron chi connectivity index (χ3n) is 6.73. The molecular weight excluding hydrogens is 419 g/mol. The van der Waals surface area contributed by atoms with E-state index in [1.54, 1.807) is 24.0 Å². The molecule has 0 spiro atoms. The summed E-state index contributed by atoms with van der Waals surface area (Å²) in [6, 6.07) is 6.78. The highest BCUT2D eigenvalue weighted by atomic mass is 19.1. The molecule has 4 aromatic rings. The van der Waals surface area contributed by atoms with E-state index in [0.29, 0.717) is 40.3 Å². The summed E-state index contributed by atoms with van der Waals surface area (Å²) in [5.41, 5.74) is 3.96. The Morgan fingerprint density at radius 3 is 2.61 bits per heavy atom. The summed E-state index contributed by atoms with van der Waals surface area (Å²) in [5.74, 6) is -0.695. The number of nitrogens with one attached hydrogen (secondary N) is 1. The molecule has 1 saturated heterocycles. The van der Waals surface area contributed by atoms with Crippen molar-refractivity contribution in [3.05, 3.63) is 42.0 Å². The van der Waals surface area contributed by atoms with E-state index in [1.807, 2.05) is 12.3 Å². The van der Waals surface area contributed by atoms with Crippen LogP contribution in [0.2, 0.25) is 0 Å². The summed E-state index contributed by atoms with van der Waals surface area (Å²) in [6.45, 7) is 6.26. The van der Waals surface area contributed by atoms with Gasteiger partial charge in [-0.05, 0) is 56.4 Å². The lowest BCUT2D eigenvalue weighted by Gasteiger charge is -2.37. The van der Waals surface area contributed by atoms with Crippen LogP contribution in [-0.4, -0.2) is 50.0 Å². The van der Waals surface area contributed by atoms with Crippen LogP contribution in [-0.2, 0) is 7.05 Å². The summed E-state index contributed by atoms with van der Waals surface area (Å²) in [4.78, 5) is 11.8. The molecule has 2 N–H and O–H groups in total. The maximum absolute atomic E-state index is 14.9. The fourth-order valence-corrected chi connectivity index (χ4v) is 5.13. The molecule has 0 radical (unpaired) electrons. The number of benzene rings is 1. The molecule has 0 bridgehead atoms. The molecule has 33 heavy (non-hydrogen) atoms. The van der Waals surface area contributed by atoms with Crippen LogP contribution in [0.4, 0.5) is 10.1 Å². The van der Waals surface area contributed by atoms with E-state index < -0.39 is 11.6 Å². The molecule has 0 unspecified atom stereocenters. The monoisotopic (exact) mass is 446 g/mol. The molecule has 1 aliphatic heterocycles. The highest BCUT2D eigenvalue weighted by molar-refractivity contribution is 5.91. The van der Waals surface area contributed by atoms with Gasteiger partial charge in [0.25, 0.3) is 0 Å². The fraction of sp³-hybridized carbons (Fsp3) is 0.400. The van der Waals surface area contributed by atoms with Gasteiger partial charge in [0.15, 0.2) is 17.2 Å². The zero-order chi connectivity index (χ0) is 22.9. The van der Waals surface area contributed by atoms with Crippen molar-refractivity contribution in [2.45, 2.75) is 44.7 Å². The first-order valence-corrected chi connectivity index (χ1v) is 11.5. The molecule has 2 fully saturated rings. The number of nitrogens with zero attached hydrogens (tertiary/aromatic N) is 5. The van der Waals surface area contributed by atoms with Crippen LogP contribution in [0.5, 0.6) is 5.75 Å². The Hall–Kier alpha value is -3.26. The van der Waals surface area contributed by atoms with Gasteiger partial charge in [-0.2, -0.15) is 5.10 Å². The van der Waals surface area contributed by atoms with E-state index in [9.17, 15) is 9.50 Å². The number of phenols is 1. The van der Waals surface area contributed by atoms with Gasteiger partial charge in [-0.3, -0.25) is 4.68 Å². The molecule has 7 nitrogen and oxygen atoms in total. The summed E-state index contributed by atoms with van der Waals surface area (Å²) in [7, 11) is 1.73. The fourth-order valence-electron chi connectivity index (χ4n) is 5.13. The number of phenolic OH excluding ortho intramolecular Hbond substituents is 1. The minimum Gasteiger partial charge on any atom is -0.504 e. The standard InChI is InChI=1S/C25H27FN6O/c1-13-10-32(11-14(2)28-13)17-7-19-18(15-4-5-15)8-21(29-25(19)27-9-17)20-6-16-12-31(3)30-23(16)22(26)24(20)33/h6-9,12-15,28,33H,4-5,10-11H2,1-3H3/t13-,14-/m1/s1. The van der Waals surface area contributed by atoms with Crippen molar-refractivity contribution >= 4 is 27.6 Å². The maximum Gasteiger partial charge on any atom is 0.193 e. The minimum absolute atomic E-state index is 0.157. The van der Waals surface area contributed by atoms with Gasteiger partial charge in [-0.15, -0.1) is 0 Å². The van der Waals surface area contributed by atoms with E-state index >= 15 is 0 Å². The maximum atomic E-state index is 14.9. The normalized spacial score (nSPS) is 21.3. The molecule has 170 valence electrons. The molecule has 4 heterocycles. The van der Waals surface area contributed by atoms with Gasteiger partial charge in [0.1, 0.15) is 5.52 Å².